The first-order valence-corrected chi connectivity index (χ1v) is 12.2. The van der Waals surface area contributed by atoms with E-state index in [1.165, 1.54) is 0 Å². The summed E-state index contributed by atoms with van der Waals surface area (Å²) < 4.78 is 5.70. The summed E-state index contributed by atoms with van der Waals surface area (Å²) >= 11 is 0. The molecular weight excluding hydrogens is 414 g/mol. The molecule has 1 aliphatic carbocycles. The van der Waals surface area contributed by atoms with E-state index in [1.807, 2.05) is 74.3 Å². The zero-order valence-corrected chi connectivity index (χ0v) is 20.0. The number of anilines is 1. The Kier molecular flexibility index (Phi) is 7.01. The lowest BCUT2D eigenvalue weighted by atomic mass is 9.95. The fourth-order valence-corrected chi connectivity index (χ4v) is 4.91. The van der Waals surface area contributed by atoms with Crippen molar-refractivity contribution in [3.63, 3.8) is 0 Å². The highest BCUT2D eigenvalue weighted by atomic mass is 16.6. The van der Waals surface area contributed by atoms with E-state index in [0.29, 0.717) is 11.4 Å². The van der Waals surface area contributed by atoms with Crippen molar-refractivity contribution in [2.45, 2.75) is 83.4 Å². The minimum Gasteiger partial charge on any atom is -0.443 e. The topological polar surface area (TPSA) is 62.7 Å². The van der Waals surface area contributed by atoms with Gasteiger partial charge in [-0.1, -0.05) is 37.1 Å². The molecule has 1 atom stereocenters. The SMILES string of the molecule is CC(C)(C)OC(=O)N(c1ccc([C@H]2CCCCN2C(=O)c2ccccc2)cn1)C1CCCC1. The van der Waals surface area contributed by atoms with Gasteiger partial charge in [-0.25, -0.2) is 9.78 Å². The molecule has 0 bridgehead atoms. The van der Waals surface area contributed by atoms with E-state index < -0.39 is 5.60 Å². The van der Waals surface area contributed by atoms with Gasteiger partial charge in [0.05, 0.1) is 6.04 Å². The van der Waals surface area contributed by atoms with Crippen molar-refractivity contribution in [1.82, 2.24) is 9.88 Å². The van der Waals surface area contributed by atoms with Crippen molar-refractivity contribution < 1.29 is 14.3 Å². The van der Waals surface area contributed by atoms with E-state index in [4.69, 9.17) is 9.72 Å². The third-order valence-electron chi connectivity index (χ3n) is 6.47. The Morgan fingerprint density at radius 1 is 0.970 bits per heavy atom. The fourth-order valence-electron chi connectivity index (χ4n) is 4.91. The van der Waals surface area contributed by atoms with E-state index >= 15 is 0 Å². The second kappa shape index (κ2) is 9.94. The van der Waals surface area contributed by atoms with Crippen LogP contribution in [0.3, 0.4) is 0 Å². The van der Waals surface area contributed by atoms with Crippen LogP contribution < -0.4 is 4.90 Å². The smallest absolute Gasteiger partial charge is 0.416 e. The van der Waals surface area contributed by atoms with E-state index in [9.17, 15) is 9.59 Å². The number of nitrogens with zero attached hydrogens (tertiary/aromatic N) is 3. The molecule has 2 fully saturated rings. The molecule has 2 aliphatic rings. The summed E-state index contributed by atoms with van der Waals surface area (Å²) in [7, 11) is 0. The quantitative estimate of drug-likeness (QED) is 0.563. The summed E-state index contributed by atoms with van der Waals surface area (Å²) in [6.45, 7) is 6.40. The van der Waals surface area contributed by atoms with Crippen LogP contribution in [0.2, 0.25) is 0 Å². The lowest BCUT2D eigenvalue weighted by Crippen LogP contribution is -2.43. The number of piperidine rings is 1. The molecule has 6 nitrogen and oxygen atoms in total. The average molecular weight is 450 g/mol. The molecule has 2 heterocycles. The van der Waals surface area contributed by atoms with Crippen LogP contribution in [-0.4, -0.2) is 40.1 Å². The van der Waals surface area contributed by atoms with Crippen LogP contribution in [0.4, 0.5) is 10.6 Å². The summed E-state index contributed by atoms with van der Waals surface area (Å²) in [6, 6.07) is 13.5. The normalized spacial score (nSPS) is 19.4. The molecule has 1 saturated heterocycles. The van der Waals surface area contributed by atoms with Gasteiger partial charge in [0.1, 0.15) is 11.4 Å². The summed E-state index contributed by atoms with van der Waals surface area (Å²) in [5, 5.41) is 0. The number of rotatable bonds is 4. The minimum atomic E-state index is -0.561. The van der Waals surface area contributed by atoms with Crippen LogP contribution >= 0.6 is 0 Å². The number of benzene rings is 1. The lowest BCUT2D eigenvalue weighted by molar-refractivity contribution is 0.0564. The molecule has 0 radical (unpaired) electrons. The molecule has 33 heavy (non-hydrogen) atoms. The van der Waals surface area contributed by atoms with Gasteiger partial charge in [0, 0.05) is 24.3 Å². The van der Waals surface area contributed by atoms with Crippen molar-refractivity contribution in [2.24, 2.45) is 0 Å². The Labute approximate surface area is 196 Å². The minimum absolute atomic E-state index is 0.00513. The summed E-state index contributed by atoms with van der Waals surface area (Å²) in [5.74, 6) is 0.683. The number of carbonyl (C=O) groups excluding carboxylic acids is 2. The molecule has 1 aromatic heterocycles. The van der Waals surface area contributed by atoms with Gasteiger partial charge < -0.3 is 9.64 Å². The molecule has 0 spiro atoms. The van der Waals surface area contributed by atoms with Gasteiger partial charge in [0.15, 0.2) is 0 Å². The van der Waals surface area contributed by atoms with Crippen LogP contribution in [0.1, 0.15) is 87.7 Å². The third kappa shape index (κ3) is 5.55. The summed E-state index contributed by atoms with van der Waals surface area (Å²) in [5.41, 5.74) is 1.17. The summed E-state index contributed by atoms with van der Waals surface area (Å²) in [4.78, 5) is 34.6. The Hall–Kier alpha value is -2.89. The van der Waals surface area contributed by atoms with Crippen molar-refractivity contribution in [3.8, 4) is 0 Å². The fraction of sp³-hybridized carbons (Fsp3) is 0.519. The first-order chi connectivity index (χ1) is 15.8. The average Bonchev–Trinajstić information content (AvgIpc) is 3.33. The number of likely N-dealkylation sites (tertiary alicyclic amines) is 1. The Balaban J connectivity index is 1.57. The van der Waals surface area contributed by atoms with Crippen LogP contribution in [-0.2, 0) is 4.74 Å². The number of aromatic nitrogens is 1. The zero-order chi connectivity index (χ0) is 23.4. The number of hydrogen-bond acceptors (Lipinski definition) is 4. The van der Waals surface area contributed by atoms with E-state index in [-0.39, 0.29) is 24.1 Å². The van der Waals surface area contributed by atoms with Crippen LogP contribution in [0.5, 0.6) is 0 Å². The molecule has 2 aromatic rings. The predicted octanol–water partition coefficient (Wildman–Crippen LogP) is 6.13. The second-order valence-electron chi connectivity index (χ2n) is 10.1. The van der Waals surface area contributed by atoms with Gasteiger partial charge >= 0.3 is 6.09 Å². The Bertz CT molecular complexity index is 947. The van der Waals surface area contributed by atoms with Crippen molar-refractivity contribution in [2.75, 3.05) is 11.4 Å². The number of carbonyl (C=O) groups is 2. The molecule has 1 aliphatic heterocycles. The van der Waals surface area contributed by atoms with E-state index in [0.717, 1.165) is 57.1 Å². The van der Waals surface area contributed by atoms with Crippen LogP contribution in [0, 0.1) is 0 Å². The van der Waals surface area contributed by atoms with Crippen molar-refractivity contribution >= 4 is 17.8 Å². The molecule has 1 aromatic carbocycles. The van der Waals surface area contributed by atoms with Crippen molar-refractivity contribution in [3.05, 3.63) is 59.8 Å². The maximum atomic E-state index is 13.2. The van der Waals surface area contributed by atoms with Gasteiger partial charge in [-0.2, -0.15) is 0 Å². The number of ether oxygens (including phenoxy) is 1. The maximum Gasteiger partial charge on any atom is 0.416 e. The molecular formula is C27H35N3O3. The molecule has 0 unspecified atom stereocenters. The molecule has 4 rings (SSSR count). The highest BCUT2D eigenvalue weighted by Crippen LogP contribution is 2.34. The van der Waals surface area contributed by atoms with Crippen LogP contribution in [0.15, 0.2) is 48.7 Å². The highest BCUT2D eigenvalue weighted by Gasteiger charge is 2.33. The van der Waals surface area contributed by atoms with Gasteiger partial charge in [-0.05, 0) is 76.6 Å². The predicted molar refractivity (Wildman–Crippen MR) is 129 cm³/mol. The third-order valence-corrected chi connectivity index (χ3v) is 6.47. The zero-order valence-electron chi connectivity index (χ0n) is 20.0. The molecule has 0 N–H and O–H groups in total. The Morgan fingerprint density at radius 2 is 1.67 bits per heavy atom. The highest BCUT2D eigenvalue weighted by molar-refractivity contribution is 5.94. The van der Waals surface area contributed by atoms with Crippen LogP contribution in [0.25, 0.3) is 0 Å². The lowest BCUT2D eigenvalue weighted by Gasteiger charge is -2.36. The first kappa shape index (κ1) is 23.3. The van der Waals surface area contributed by atoms with E-state index in [1.54, 1.807) is 4.90 Å². The number of amides is 2. The molecule has 176 valence electrons. The Morgan fingerprint density at radius 3 is 2.30 bits per heavy atom. The van der Waals surface area contributed by atoms with E-state index in [2.05, 4.69) is 0 Å². The maximum absolute atomic E-state index is 13.2. The van der Waals surface area contributed by atoms with Crippen molar-refractivity contribution in [1.29, 1.82) is 0 Å². The van der Waals surface area contributed by atoms with Gasteiger partial charge in [0.2, 0.25) is 0 Å². The molecule has 1 saturated carbocycles. The van der Waals surface area contributed by atoms with Gasteiger partial charge in [0.25, 0.3) is 5.91 Å². The monoisotopic (exact) mass is 449 g/mol. The molecule has 2 amide bonds. The number of hydrogen-bond donors (Lipinski definition) is 0. The molecule has 6 heteroatoms. The van der Waals surface area contributed by atoms with Gasteiger partial charge in [-0.15, -0.1) is 0 Å². The van der Waals surface area contributed by atoms with Gasteiger partial charge in [-0.3, -0.25) is 9.69 Å². The largest absolute Gasteiger partial charge is 0.443 e. The standard InChI is InChI=1S/C27H35N3O3/c1-27(2,3)33-26(32)30(22-13-7-8-14-22)24-17-16-21(19-28-24)23-15-9-10-18-29(23)25(31)20-11-5-4-6-12-20/h4-6,11-12,16-17,19,22-23H,7-10,13-15,18H2,1-3H3/t23-/m1/s1. The number of pyridine rings is 1. The summed E-state index contributed by atoms with van der Waals surface area (Å²) in [6.07, 6.45) is 8.65. The second-order valence-corrected chi connectivity index (χ2v) is 10.1. The first-order valence-electron chi connectivity index (χ1n) is 12.2.